The maximum absolute atomic E-state index is 5.93. The molecular formula is C12H14ClIN4. The van der Waals surface area contributed by atoms with E-state index in [-0.39, 0.29) is 0 Å². The van der Waals surface area contributed by atoms with Gasteiger partial charge >= 0.3 is 0 Å². The Morgan fingerprint density at radius 1 is 1.44 bits per heavy atom. The minimum Gasteiger partial charge on any atom is -0.309 e. The molecule has 0 atom stereocenters. The van der Waals surface area contributed by atoms with Crippen LogP contribution in [-0.4, -0.2) is 21.0 Å². The summed E-state index contributed by atoms with van der Waals surface area (Å²) in [6.07, 6.45) is 1.93. The topological polar surface area (TPSA) is 42.7 Å². The summed E-state index contributed by atoms with van der Waals surface area (Å²) in [4.78, 5) is 0. The van der Waals surface area contributed by atoms with Crippen molar-refractivity contribution >= 4 is 34.2 Å². The van der Waals surface area contributed by atoms with Crippen LogP contribution >= 0.6 is 34.2 Å². The minimum absolute atomic E-state index is 0.436. The molecule has 2 rings (SSSR count). The van der Waals surface area contributed by atoms with Gasteiger partial charge in [-0.2, -0.15) is 0 Å². The zero-order valence-electron chi connectivity index (χ0n) is 10.2. The van der Waals surface area contributed by atoms with Crippen LogP contribution in [0.1, 0.15) is 19.5 Å². The van der Waals surface area contributed by atoms with Gasteiger partial charge in [-0.25, -0.2) is 4.68 Å². The van der Waals surface area contributed by atoms with Crippen LogP contribution in [0.5, 0.6) is 0 Å². The normalized spacial score (nSPS) is 11.2. The molecule has 0 radical (unpaired) electrons. The number of rotatable bonds is 4. The van der Waals surface area contributed by atoms with Crippen molar-refractivity contribution in [2.45, 2.75) is 26.4 Å². The van der Waals surface area contributed by atoms with Crippen LogP contribution in [0, 0.1) is 3.57 Å². The third-order valence-corrected chi connectivity index (χ3v) is 3.49. The number of hydrogen-bond donors (Lipinski definition) is 1. The first-order chi connectivity index (χ1) is 8.56. The van der Waals surface area contributed by atoms with Gasteiger partial charge in [0.15, 0.2) is 0 Å². The fourth-order valence-corrected chi connectivity index (χ4v) is 2.59. The second-order valence-electron chi connectivity index (χ2n) is 4.29. The molecule has 18 heavy (non-hydrogen) atoms. The number of aromatic nitrogens is 3. The number of nitrogens with zero attached hydrogens (tertiary/aromatic N) is 3. The van der Waals surface area contributed by atoms with E-state index in [1.165, 1.54) is 0 Å². The van der Waals surface area contributed by atoms with Gasteiger partial charge in [0.1, 0.15) is 0 Å². The average Bonchev–Trinajstić information content (AvgIpc) is 2.75. The molecule has 1 N–H and O–H groups in total. The van der Waals surface area contributed by atoms with Crippen LogP contribution < -0.4 is 5.32 Å². The summed E-state index contributed by atoms with van der Waals surface area (Å²) < 4.78 is 2.82. The third kappa shape index (κ3) is 3.43. The molecule has 1 aromatic heterocycles. The Labute approximate surface area is 125 Å². The Kier molecular flexibility index (Phi) is 4.58. The Morgan fingerprint density at radius 3 is 2.89 bits per heavy atom. The lowest BCUT2D eigenvalue weighted by molar-refractivity contribution is 0.580. The molecule has 0 aliphatic carbocycles. The van der Waals surface area contributed by atoms with E-state index in [1.54, 1.807) is 4.68 Å². The molecule has 1 heterocycles. The second kappa shape index (κ2) is 5.99. The zero-order chi connectivity index (χ0) is 13.1. The monoisotopic (exact) mass is 376 g/mol. The molecule has 2 aromatic rings. The molecule has 0 fully saturated rings. The molecule has 0 amide bonds. The van der Waals surface area contributed by atoms with Crippen molar-refractivity contribution in [3.63, 3.8) is 0 Å². The van der Waals surface area contributed by atoms with Crippen LogP contribution in [0.2, 0.25) is 5.02 Å². The molecule has 0 bridgehead atoms. The average molecular weight is 377 g/mol. The first-order valence-electron chi connectivity index (χ1n) is 5.66. The maximum Gasteiger partial charge on any atom is 0.0969 e. The van der Waals surface area contributed by atoms with Gasteiger partial charge in [0, 0.05) is 21.2 Å². The molecule has 4 nitrogen and oxygen atoms in total. The highest BCUT2D eigenvalue weighted by atomic mass is 127. The van der Waals surface area contributed by atoms with Crippen molar-refractivity contribution in [2.75, 3.05) is 0 Å². The molecule has 0 aliphatic heterocycles. The summed E-state index contributed by atoms with van der Waals surface area (Å²) >= 11 is 8.18. The summed E-state index contributed by atoms with van der Waals surface area (Å²) in [5.74, 6) is 0. The van der Waals surface area contributed by atoms with E-state index in [9.17, 15) is 0 Å². The van der Waals surface area contributed by atoms with Gasteiger partial charge in [-0.1, -0.05) is 30.7 Å². The van der Waals surface area contributed by atoms with Crippen molar-refractivity contribution in [1.82, 2.24) is 20.3 Å². The van der Waals surface area contributed by atoms with Crippen molar-refractivity contribution in [1.29, 1.82) is 0 Å². The summed E-state index contributed by atoms with van der Waals surface area (Å²) in [5.41, 5.74) is 1.91. The van der Waals surface area contributed by atoms with Gasteiger partial charge < -0.3 is 5.32 Å². The Morgan fingerprint density at radius 2 is 2.22 bits per heavy atom. The predicted molar refractivity (Wildman–Crippen MR) is 81.1 cm³/mol. The number of nitrogens with one attached hydrogen (secondary N) is 1. The summed E-state index contributed by atoms with van der Waals surface area (Å²) in [7, 11) is 0. The van der Waals surface area contributed by atoms with E-state index >= 15 is 0 Å². The summed E-state index contributed by atoms with van der Waals surface area (Å²) in [6.45, 7) is 4.93. The Hall–Kier alpha value is -0.660. The van der Waals surface area contributed by atoms with E-state index in [0.717, 1.165) is 26.5 Å². The van der Waals surface area contributed by atoms with Crippen LogP contribution in [0.3, 0.4) is 0 Å². The van der Waals surface area contributed by atoms with Crippen molar-refractivity contribution < 1.29 is 0 Å². The molecule has 96 valence electrons. The molecule has 0 aliphatic rings. The van der Waals surface area contributed by atoms with Gasteiger partial charge in [0.05, 0.1) is 17.6 Å². The Bertz CT molecular complexity index is 539. The molecule has 1 aromatic carbocycles. The van der Waals surface area contributed by atoms with Gasteiger partial charge in [0.25, 0.3) is 0 Å². The van der Waals surface area contributed by atoms with Crippen LogP contribution in [0.25, 0.3) is 5.69 Å². The van der Waals surface area contributed by atoms with Crippen LogP contribution in [0.15, 0.2) is 24.4 Å². The summed E-state index contributed by atoms with van der Waals surface area (Å²) in [6, 6.07) is 6.14. The first-order valence-corrected chi connectivity index (χ1v) is 7.12. The van der Waals surface area contributed by atoms with Gasteiger partial charge in [0.2, 0.25) is 0 Å². The molecule has 6 heteroatoms. The van der Waals surface area contributed by atoms with Crippen LogP contribution in [0.4, 0.5) is 0 Å². The fourth-order valence-electron chi connectivity index (χ4n) is 1.47. The molecule has 0 spiro atoms. The van der Waals surface area contributed by atoms with Gasteiger partial charge in [-0.3, -0.25) is 0 Å². The predicted octanol–water partition coefficient (Wildman–Crippen LogP) is 3.02. The largest absolute Gasteiger partial charge is 0.309 e. The minimum atomic E-state index is 0.436. The van der Waals surface area contributed by atoms with E-state index in [1.807, 2.05) is 24.4 Å². The van der Waals surface area contributed by atoms with E-state index in [0.29, 0.717) is 6.04 Å². The van der Waals surface area contributed by atoms with E-state index < -0.39 is 0 Å². The third-order valence-electron chi connectivity index (χ3n) is 2.39. The molecular weight excluding hydrogens is 363 g/mol. The maximum atomic E-state index is 5.93. The highest BCUT2D eigenvalue weighted by molar-refractivity contribution is 14.1. The lowest BCUT2D eigenvalue weighted by Gasteiger charge is -2.05. The number of hydrogen-bond acceptors (Lipinski definition) is 3. The van der Waals surface area contributed by atoms with Gasteiger partial charge in [-0.05, 0) is 40.8 Å². The Balaban J connectivity index is 2.18. The SMILES string of the molecule is CC(C)NCc1cn(-c2ccc(Cl)cc2I)nn1. The van der Waals surface area contributed by atoms with Crippen molar-refractivity contribution in [3.8, 4) is 5.69 Å². The fraction of sp³-hybridized carbons (Fsp3) is 0.333. The van der Waals surface area contributed by atoms with Crippen LogP contribution in [-0.2, 0) is 6.54 Å². The van der Waals surface area contributed by atoms with E-state index in [4.69, 9.17) is 11.6 Å². The zero-order valence-corrected chi connectivity index (χ0v) is 13.1. The lowest BCUT2D eigenvalue weighted by atomic mass is 10.3. The molecule has 0 saturated heterocycles. The molecule has 0 unspecified atom stereocenters. The molecule has 0 saturated carbocycles. The number of halogens is 2. The standard InChI is InChI=1S/C12H14ClIN4/c1-8(2)15-6-10-7-18(17-16-10)12-4-3-9(13)5-11(12)14/h3-5,7-8,15H,6H2,1-2H3. The van der Waals surface area contributed by atoms with Crippen molar-refractivity contribution in [3.05, 3.63) is 38.7 Å². The second-order valence-corrected chi connectivity index (χ2v) is 5.88. The quantitative estimate of drug-likeness (QED) is 0.834. The first kappa shape index (κ1) is 13.8. The van der Waals surface area contributed by atoms with Crippen molar-refractivity contribution in [2.24, 2.45) is 0 Å². The highest BCUT2D eigenvalue weighted by Crippen LogP contribution is 2.20. The highest BCUT2D eigenvalue weighted by Gasteiger charge is 2.07. The lowest BCUT2D eigenvalue weighted by Crippen LogP contribution is -2.21. The smallest absolute Gasteiger partial charge is 0.0969 e. The van der Waals surface area contributed by atoms with E-state index in [2.05, 4.69) is 52.1 Å². The van der Waals surface area contributed by atoms with Gasteiger partial charge in [-0.15, -0.1) is 5.10 Å². The summed E-state index contributed by atoms with van der Waals surface area (Å²) in [5, 5.41) is 12.3. The number of benzene rings is 1.